The summed E-state index contributed by atoms with van der Waals surface area (Å²) in [6.45, 7) is 0. The highest BCUT2D eigenvalue weighted by atomic mass is 16.1. The maximum absolute atomic E-state index is 10.1. The molecule has 0 saturated carbocycles. The van der Waals surface area contributed by atoms with Crippen molar-refractivity contribution in [3.05, 3.63) is 65.7 Å². The van der Waals surface area contributed by atoms with Gasteiger partial charge in [-0.3, -0.25) is 0 Å². The molecule has 0 amide bonds. The van der Waals surface area contributed by atoms with Crippen LogP contribution in [0.5, 0.6) is 0 Å². The van der Waals surface area contributed by atoms with Crippen molar-refractivity contribution in [1.82, 2.24) is 0 Å². The Bertz CT molecular complexity index is 496. The van der Waals surface area contributed by atoms with Gasteiger partial charge in [0.1, 0.15) is 0 Å². The molecule has 0 saturated heterocycles. The summed E-state index contributed by atoms with van der Waals surface area (Å²) in [6, 6.07) is 18.4. The van der Waals surface area contributed by atoms with Gasteiger partial charge in [-0.15, -0.1) is 0 Å². The summed E-state index contributed by atoms with van der Waals surface area (Å²) in [5.74, 6) is 0. The third-order valence-electron chi connectivity index (χ3n) is 2.31. The fraction of sp³-hybridized carbons (Fsp3) is 0.0714. The Balaban J connectivity index is 2.14. The van der Waals surface area contributed by atoms with Crippen molar-refractivity contribution in [2.24, 2.45) is 4.99 Å². The van der Waals surface area contributed by atoms with Crippen LogP contribution in [0.3, 0.4) is 0 Å². The molecule has 2 rings (SSSR count). The summed E-state index contributed by atoms with van der Waals surface area (Å²) in [6.07, 6.45) is 2.40. The third-order valence-corrected chi connectivity index (χ3v) is 2.31. The average Bonchev–Trinajstić information content (AvgIpc) is 2.33. The number of benzene rings is 2. The predicted octanol–water partition coefficient (Wildman–Crippen LogP) is 3.04. The van der Waals surface area contributed by atoms with Crippen LogP contribution in [0.4, 0.5) is 5.69 Å². The van der Waals surface area contributed by atoms with E-state index < -0.39 is 0 Å². The van der Waals surface area contributed by atoms with E-state index in [9.17, 15) is 4.79 Å². The lowest BCUT2D eigenvalue weighted by molar-refractivity contribution is 0.565. The fourth-order valence-corrected chi connectivity index (χ4v) is 1.52. The smallest absolute Gasteiger partial charge is 0.211 e. The minimum absolute atomic E-state index is 0.639. The van der Waals surface area contributed by atoms with Gasteiger partial charge in [-0.05, 0) is 35.7 Å². The normalized spacial score (nSPS) is 9.50. The molecule has 0 N–H and O–H groups in total. The molecular formula is C14H10NO. The molecule has 0 bridgehead atoms. The Morgan fingerprint density at radius 1 is 1.00 bits per heavy atom. The van der Waals surface area contributed by atoms with Crippen molar-refractivity contribution in [3.63, 3.8) is 0 Å². The largest absolute Gasteiger partial charge is 0.240 e. The molecule has 2 heteroatoms. The first-order valence-electron chi connectivity index (χ1n) is 5.00. The van der Waals surface area contributed by atoms with E-state index in [1.807, 2.05) is 48.5 Å². The molecule has 0 aromatic heterocycles. The van der Waals surface area contributed by atoms with Crippen LogP contribution in [0.2, 0.25) is 0 Å². The summed E-state index contributed by atoms with van der Waals surface area (Å²) in [5, 5.41) is 0. The molecule has 0 atom stereocenters. The predicted molar refractivity (Wildman–Crippen MR) is 62.3 cm³/mol. The van der Waals surface area contributed by atoms with Crippen LogP contribution < -0.4 is 0 Å². The maximum Gasteiger partial charge on any atom is 0.240 e. The van der Waals surface area contributed by atoms with Gasteiger partial charge in [-0.25, -0.2) is 4.79 Å². The molecule has 0 aliphatic heterocycles. The number of hydrogen-bond donors (Lipinski definition) is 0. The average molecular weight is 208 g/mol. The van der Waals surface area contributed by atoms with E-state index in [1.54, 1.807) is 0 Å². The number of hydrogen-bond acceptors (Lipinski definition) is 2. The van der Waals surface area contributed by atoms with E-state index in [-0.39, 0.29) is 0 Å². The summed E-state index contributed by atoms with van der Waals surface area (Å²) in [5.41, 5.74) is 3.07. The van der Waals surface area contributed by atoms with E-state index in [1.165, 1.54) is 17.2 Å². The molecule has 0 heterocycles. The summed E-state index contributed by atoms with van der Waals surface area (Å²) in [7, 11) is 0. The Labute approximate surface area is 94.3 Å². The van der Waals surface area contributed by atoms with Gasteiger partial charge in [0, 0.05) is 0 Å². The van der Waals surface area contributed by atoms with Gasteiger partial charge in [0.15, 0.2) is 0 Å². The molecule has 2 aromatic rings. The van der Waals surface area contributed by atoms with Gasteiger partial charge >= 0.3 is 0 Å². The van der Waals surface area contributed by atoms with Crippen molar-refractivity contribution < 1.29 is 4.79 Å². The van der Waals surface area contributed by atoms with Crippen LogP contribution in [0.25, 0.3) is 0 Å². The van der Waals surface area contributed by atoms with Gasteiger partial charge < -0.3 is 0 Å². The van der Waals surface area contributed by atoms with Crippen molar-refractivity contribution in [3.8, 4) is 0 Å². The third kappa shape index (κ3) is 2.66. The molecule has 0 aliphatic carbocycles. The maximum atomic E-state index is 10.1. The van der Waals surface area contributed by atoms with E-state index >= 15 is 0 Å². The Morgan fingerprint density at radius 3 is 2.25 bits per heavy atom. The Morgan fingerprint density at radius 2 is 1.62 bits per heavy atom. The summed E-state index contributed by atoms with van der Waals surface area (Å²) >= 11 is 0. The topological polar surface area (TPSA) is 29.4 Å². The van der Waals surface area contributed by atoms with Crippen LogP contribution in [0.15, 0.2) is 53.5 Å². The molecule has 0 spiro atoms. The van der Waals surface area contributed by atoms with Gasteiger partial charge in [-0.2, -0.15) is 4.99 Å². The van der Waals surface area contributed by atoms with Crippen molar-refractivity contribution in [2.45, 2.75) is 6.42 Å². The highest BCUT2D eigenvalue weighted by molar-refractivity contribution is 5.49. The number of aliphatic imine (C=N–C) groups is 1. The lowest BCUT2D eigenvalue weighted by atomic mass is 10.1. The highest BCUT2D eigenvalue weighted by Crippen LogP contribution is 2.14. The molecule has 0 fully saturated rings. The lowest BCUT2D eigenvalue weighted by Crippen LogP contribution is -1.86. The molecule has 0 aliphatic rings. The first-order valence-corrected chi connectivity index (χ1v) is 5.00. The second-order valence-corrected chi connectivity index (χ2v) is 3.45. The second kappa shape index (κ2) is 5.06. The highest BCUT2D eigenvalue weighted by Gasteiger charge is 1.95. The molecule has 77 valence electrons. The number of rotatable bonds is 3. The van der Waals surface area contributed by atoms with Crippen molar-refractivity contribution >= 4 is 11.8 Å². The zero-order valence-corrected chi connectivity index (χ0v) is 8.68. The van der Waals surface area contributed by atoms with Crippen LogP contribution >= 0.6 is 0 Å². The van der Waals surface area contributed by atoms with E-state index in [4.69, 9.17) is 0 Å². The lowest BCUT2D eigenvalue weighted by Gasteiger charge is -2.01. The van der Waals surface area contributed by atoms with Crippen molar-refractivity contribution in [2.75, 3.05) is 0 Å². The quantitative estimate of drug-likeness (QED) is 0.563. The molecule has 2 nitrogen and oxygen atoms in total. The zero-order chi connectivity index (χ0) is 11.2. The van der Waals surface area contributed by atoms with Crippen LogP contribution in [-0.2, 0) is 11.2 Å². The molecule has 1 radical (unpaired) electrons. The molecular weight excluding hydrogens is 198 g/mol. The van der Waals surface area contributed by atoms with E-state index in [0.29, 0.717) is 5.69 Å². The first kappa shape index (κ1) is 10.3. The Hall–Kier alpha value is -2.18. The Kier molecular flexibility index (Phi) is 3.27. The molecule has 2 aromatic carbocycles. The monoisotopic (exact) mass is 208 g/mol. The van der Waals surface area contributed by atoms with Crippen molar-refractivity contribution in [1.29, 1.82) is 0 Å². The fourth-order valence-electron chi connectivity index (χ4n) is 1.52. The van der Waals surface area contributed by atoms with Gasteiger partial charge in [0.05, 0.1) is 5.69 Å². The number of isocyanates is 1. The second-order valence-electron chi connectivity index (χ2n) is 3.45. The van der Waals surface area contributed by atoms with E-state index in [0.717, 1.165) is 6.42 Å². The minimum atomic E-state index is 0.639. The van der Waals surface area contributed by atoms with Crippen LogP contribution in [0, 0.1) is 6.07 Å². The van der Waals surface area contributed by atoms with E-state index in [2.05, 4.69) is 11.1 Å². The molecule has 16 heavy (non-hydrogen) atoms. The van der Waals surface area contributed by atoms with Gasteiger partial charge in [0.2, 0.25) is 6.08 Å². The van der Waals surface area contributed by atoms with Gasteiger partial charge in [-0.1, -0.05) is 36.4 Å². The first-order chi connectivity index (χ1) is 7.88. The van der Waals surface area contributed by atoms with Crippen LogP contribution in [0.1, 0.15) is 11.1 Å². The molecule has 0 unspecified atom stereocenters. The SMILES string of the molecule is O=C=Nc1ccc(Cc2cc[c]cc2)cc1. The van der Waals surface area contributed by atoms with Crippen LogP contribution in [-0.4, -0.2) is 6.08 Å². The number of carbonyl (C=O) groups excluding carboxylic acids is 1. The van der Waals surface area contributed by atoms with Gasteiger partial charge in [0.25, 0.3) is 0 Å². The minimum Gasteiger partial charge on any atom is -0.211 e. The summed E-state index contributed by atoms with van der Waals surface area (Å²) < 4.78 is 0. The standard InChI is InChI=1S/C14H10NO/c16-11-15-14-8-6-13(7-9-14)10-12-4-2-1-3-5-12/h2-9H,10H2. The summed E-state index contributed by atoms with van der Waals surface area (Å²) in [4.78, 5) is 13.6. The number of nitrogens with zero attached hydrogens (tertiary/aromatic N) is 1. The zero-order valence-electron chi connectivity index (χ0n) is 8.68.